The number of nitrogens with zero attached hydrogens (tertiary/aromatic N) is 1. The summed E-state index contributed by atoms with van der Waals surface area (Å²) in [6.07, 6.45) is 11.1. The van der Waals surface area contributed by atoms with Crippen molar-refractivity contribution in [3.05, 3.63) is 53.9 Å². The molecular weight excluding hydrogens is 224 g/mol. The van der Waals surface area contributed by atoms with Gasteiger partial charge in [-0.3, -0.25) is 9.78 Å². The molecule has 96 valence electrons. The molecule has 0 spiro atoms. The summed E-state index contributed by atoms with van der Waals surface area (Å²) < 4.78 is 0. The molecule has 0 aliphatic carbocycles. The Bertz CT molecular complexity index is 435. The van der Waals surface area contributed by atoms with Gasteiger partial charge in [-0.15, -0.1) is 0 Å². The van der Waals surface area contributed by atoms with Gasteiger partial charge in [0.15, 0.2) is 0 Å². The van der Waals surface area contributed by atoms with E-state index in [0.717, 1.165) is 12.0 Å². The Kier molecular flexibility index (Phi) is 5.85. The third kappa shape index (κ3) is 4.17. The summed E-state index contributed by atoms with van der Waals surface area (Å²) in [5, 5.41) is 0. The molecule has 0 aliphatic rings. The van der Waals surface area contributed by atoms with Crippen LogP contribution in [-0.4, -0.2) is 10.9 Å². The minimum absolute atomic E-state index is 0.301. The first kappa shape index (κ1) is 14.2. The summed E-state index contributed by atoms with van der Waals surface area (Å²) in [7, 11) is 0. The molecule has 3 nitrogen and oxygen atoms in total. The van der Waals surface area contributed by atoms with Crippen LogP contribution < -0.4 is 5.73 Å². The summed E-state index contributed by atoms with van der Waals surface area (Å²) in [6, 6.07) is 3.70. The maximum absolute atomic E-state index is 11.5. The molecule has 1 rings (SSSR count). The standard InChI is InChI=1S/C15H20N2O/c1-3-12(4-2)7-5-9-14(15(16)18)13-8-6-10-17-11-13/h3,5-8,10-11,14H,4,9H2,1-2H3,(H2,16,18)/b7-5+,12-3+. The number of hydrogen-bond donors (Lipinski definition) is 1. The Balaban J connectivity index is 2.75. The smallest absolute Gasteiger partial charge is 0.225 e. The van der Waals surface area contributed by atoms with Crippen LogP contribution in [0.1, 0.15) is 38.2 Å². The summed E-state index contributed by atoms with van der Waals surface area (Å²) in [6.45, 7) is 4.11. The number of pyridine rings is 1. The first-order valence-corrected chi connectivity index (χ1v) is 6.20. The zero-order valence-corrected chi connectivity index (χ0v) is 11.0. The maximum atomic E-state index is 11.5. The van der Waals surface area contributed by atoms with Gasteiger partial charge in [0.2, 0.25) is 5.91 Å². The SMILES string of the molecule is C/C=C(/C=C/CC(C(N)=O)c1cccnc1)CC. The van der Waals surface area contributed by atoms with Crippen LogP contribution in [0.2, 0.25) is 0 Å². The highest BCUT2D eigenvalue weighted by Crippen LogP contribution is 2.19. The van der Waals surface area contributed by atoms with Gasteiger partial charge < -0.3 is 5.73 Å². The molecule has 0 saturated carbocycles. The monoisotopic (exact) mass is 244 g/mol. The highest BCUT2D eigenvalue weighted by molar-refractivity contribution is 5.82. The summed E-state index contributed by atoms with van der Waals surface area (Å²) >= 11 is 0. The first-order chi connectivity index (χ1) is 8.69. The average molecular weight is 244 g/mol. The van der Waals surface area contributed by atoms with Crippen LogP contribution in [0.15, 0.2) is 48.3 Å². The minimum atomic E-state index is -0.314. The quantitative estimate of drug-likeness (QED) is 0.782. The number of allylic oxidation sites excluding steroid dienone is 4. The van der Waals surface area contributed by atoms with E-state index in [-0.39, 0.29) is 11.8 Å². The van der Waals surface area contributed by atoms with Crippen molar-refractivity contribution in [2.75, 3.05) is 0 Å². The number of carbonyl (C=O) groups is 1. The number of carbonyl (C=O) groups excluding carboxylic acids is 1. The Labute approximate surface area is 108 Å². The zero-order valence-electron chi connectivity index (χ0n) is 11.0. The first-order valence-electron chi connectivity index (χ1n) is 6.20. The molecule has 0 bridgehead atoms. The van der Waals surface area contributed by atoms with Crippen molar-refractivity contribution < 1.29 is 4.79 Å². The van der Waals surface area contributed by atoms with Crippen molar-refractivity contribution in [1.82, 2.24) is 4.98 Å². The van der Waals surface area contributed by atoms with Crippen molar-refractivity contribution in [1.29, 1.82) is 0 Å². The van der Waals surface area contributed by atoms with Crippen LogP contribution in [0.25, 0.3) is 0 Å². The summed E-state index contributed by atoms with van der Waals surface area (Å²) in [4.78, 5) is 15.5. The number of nitrogens with two attached hydrogens (primary N) is 1. The zero-order chi connectivity index (χ0) is 13.4. The Hall–Kier alpha value is -1.90. The maximum Gasteiger partial charge on any atom is 0.225 e. The predicted molar refractivity (Wildman–Crippen MR) is 74.0 cm³/mol. The molecule has 2 N–H and O–H groups in total. The van der Waals surface area contributed by atoms with Crippen molar-refractivity contribution in [3.8, 4) is 0 Å². The van der Waals surface area contributed by atoms with Gasteiger partial charge in [0.05, 0.1) is 5.92 Å². The van der Waals surface area contributed by atoms with Crippen LogP contribution >= 0.6 is 0 Å². The average Bonchev–Trinajstić information content (AvgIpc) is 2.39. The number of primary amides is 1. The van der Waals surface area contributed by atoms with Crippen LogP contribution in [0.4, 0.5) is 0 Å². The number of hydrogen-bond acceptors (Lipinski definition) is 2. The molecule has 1 heterocycles. The van der Waals surface area contributed by atoms with E-state index in [1.165, 1.54) is 5.57 Å². The Morgan fingerprint density at radius 1 is 1.56 bits per heavy atom. The summed E-state index contributed by atoms with van der Waals surface area (Å²) in [5.41, 5.74) is 7.56. The summed E-state index contributed by atoms with van der Waals surface area (Å²) in [5.74, 6) is -0.615. The molecule has 0 saturated heterocycles. The fourth-order valence-corrected chi connectivity index (χ4v) is 1.77. The van der Waals surface area contributed by atoms with Gasteiger partial charge in [-0.25, -0.2) is 0 Å². The molecule has 18 heavy (non-hydrogen) atoms. The molecular formula is C15H20N2O. The van der Waals surface area contributed by atoms with Crippen molar-refractivity contribution in [2.24, 2.45) is 5.73 Å². The van der Waals surface area contributed by atoms with Crippen LogP contribution in [0.3, 0.4) is 0 Å². The third-order valence-corrected chi connectivity index (χ3v) is 2.91. The number of rotatable bonds is 6. The lowest BCUT2D eigenvalue weighted by Crippen LogP contribution is -2.21. The van der Waals surface area contributed by atoms with E-state index in [2.05, 4.69) is 18.0 Å². The van der Waals surface area contributed by atoms with Gasteiger partial charge in [-0.1, -0.05) is 36.8 Å². The fraction of sp³-hybridized carbons (Fsp3) is 0.333. The van der Waals surface area contributed by atoms with E-state index >= 15 is 0 Å². The predicted octanol–water partition coefficient (Wildman–Crippen LogP) is 2.95. The number of aromatic nitrogens is 1. The van der Waals surface area contributed by atoms with Gasteiger partial charge >= 0.3 is 0 Å². The molecule has 3 heteroatoms. The highest BCUT2D eigenvalue weighted by Gasteiger charge is 2.15. The molecule has 1 aromatic rings. The largest absolute Gasteiger partial charge is 0.369 e. The Morgan fingerprint density at radius 2 is 2.33 bits per heavy atom. The van der Waals surface area contributed by atoms with E-state index in [9.17, 15) is 4.79 Å². The fourth-order valence-electron chi connectivity index (χ4n) is 1.77. The second kappa shape index (κ2) is 7.43. The number of amides is 1. The normalized spacial score (nSPS) is 13.8. The third-order valence-electron chi connectivity index (χ3n) is 2.91. The van der Waals surface area contributed by atoms with Crippen LogP contribution in [-0.2, 0) is 4.79 Å². The van der Waals surface area contributed by atoms with E-state index in [1.54, 1.807) is 12.4 Å². The minimum Gasteiger partial charge on any atom is -0.369 e. The van der Waals surface area contributed by atoms with Gasteiger partial charge in [-0.05, 0) is 31.4 Å². The molecule has 0 radical (unpaired) electrons. The molecule has 1 atom stereocenters. The van der Waals surface area contributed by atoms with Crippen molar-refractivity contribution in [2.45, 2.75) is 32.6 Å². The van der Waals surface area contributed by atoms with E-state index in [1.807, 2.05) is 31.2 Å². The highest BCUT2D eigenvalue weighted by atomic mass is 16.1. The van der Waals surface area contributed by atoms with Gasteiger partial charge in [-0.2, -0.15) is 0 Å². The van der Waals surface area contributed by atoms with Crippen LogP contribution in [0, 0.1) is 0 Å². The van der Waals surface area contributed by atoms with Gasteiger partial charge in [0, 0.05) is 12.4 Å². The second-order valence-electron chi connectivity index (χ2n) is 4.10. The van der Waals surface area contributed by atoms with Gasteiger partial charge in [0.1, 0.15) is 0 Å². The second-order valence-corrected chi connectivity index (χ2v) is 4.10. The lowest BCUT2D eigenvalue weighted by Gasteiger charge is -2.10. The van der Waals surface area contributed by atoms with Crippen molar-refractivity contribution >= 4 is 5.91 Å². The van der Waals surface area contributed by atoms with Crippen LogP contribution in [0.5, 0.6) is 0 Å². The van der Waals surface area contributed by atoms with E-state index < -0.39 is 0 Å². The lowest BCUT2D eigenvalue weighted by atomic mass is 9.96. The molecule has 0 aromatic carbocycles. The lowest BCUT2D eigenvalue weighted by molar-refractivity contribution is -0.119. The van der Waals surface area contributed by atoms with E-state index in [4.69, 9.17) is 5.73 Å². The molecule has 0 fully saturated rings. The van der Waals surface area contributed by atoms with E-state index in [0.29, 0.717) is 6.42 Å². The molecule has 0 aliphatic heterocycles. The molecule has 1 aromatic heterocycles. The Morgan fingerprint density at radius 3 is 2.83 bits per heavy atom. The van der Waals surface area contributed by atoms with Gasteiger partial charge in [0.25, 0.3) is 0 Å². The van der Waals surface area contributed by atoms with Crippen molar-refractivity contribution in [3.63, 3.8) is 0 Å². The topological polar surface area (TPSA) is 56.0 Å². The molecule has 1 unspecified atom stereocenters. The molecule has 1 amide bonds.